The standard InChI is InChI=1S/2C19H20N4O.C4H4O4/c2*1-2-16-15(5-8-20-16)11-14(1)17-3-4-19(22-21-17)24-18-12-23-9-6-13(18)7-10-23;5-3(6)1-2-4(7)8/h2*1-5,8,11,13,18,20H,6-7,9-10,12H2;1-2H,(H,5,6)(H,7,8)/b;;2-1+. The van der Waals surface area contributed by atoms with Gasteiger partial charge in [0, 0.05) is 82.7 Å². The van der Waals surface area contributed by atoms with Gasteiger partial charge >= 0.3 is 11.9 Å². The molecule has 0 radical (unpaired) electrons. The monoisotopic (exact) mass is 756 g/mol. The lowest BCUT2D eigenvalue weighted by Crippen LogP contribution is -2.52. The molecule has 0 aliphatic carbocycles. The minimum atomic E-state index is -1.26. The summed E-state index contributed by atoms with van der Waals surface area (Å²) in [6.45, 7) is 6.93. The smallest absolute Gasteiger partial charge is 0.328 e. The highest BCUT2D eigenvalue weighted by atomic mass is 16.5. The lowest BCUT2D eigenvalue weighted by atomic mass is 9.86. The lowest BCUT2D eigenvalue weighted by Gasteiger charge is -2.44. The number of rotatable bonds is 8. The molecule has 10 heterocycles. The number of hydrogen-bond acceptors (Lipinski definition) is 10. The number of carboxylic acids is 2. The number of aromatic nitrogens is 6. The molecule has 6 aromatic rings. The third kappa shape index (κ3) is 8.88. The Balaban J connectivity index is 0.000000133. The Bertz CT molecular complexity index is 2130. The van der Waals surface area contributed by atoms with Crippen LogP contribution in [0.2, 0.25) is 0 Å². The first-order valence-electron chi connectivity index (χ1n) is 19.1. The van der Waals surface area contributed by atoms with Gasteiger partial charge in [0.1, 0.15) is 12.2 Å². The van der Waals surface area contributed by atoms with Crippen LogP contribution in [0.15, 0.2) is 97.3 Å². The van der Waals surface area contributed by atoms with Gasteiger partial charge in [-0.1, -0.05) is 12.1 Å². The van der Waals surface area contributed by atoms with Crippen molar-refractivity contribution in [1.29, 1.82) is 0 Å². The minimum Gasteiger partial charge on any atom is -0.478 e. The topological polar surface area (TPSA) is 183 Å². The van der Waals surface area contributed by atoms with Crippen molar-refractivity contribution in [2.45, 2.75) is 37.9 Å². The van der Waals surface area contributed by atoms with Crippen LogP contribution < -0.4 is 9.47 Å². The number of aliphatic carboxylic acids is 2. The zero-order valence-corrected chi connectivity index (χ0v) is 30.8. The summed E-state index contributed by atoms with van der Waals surface area (Å²) in [5.41, 5.74) is 6.16. The van der Waals surface area contributed by atoms with E-state index in [1.54, 1.807) is 0 Å². The quantitative estimate of drug-likeness (QED) is 0.135. The second-order valence-electron chi connectivity index (χ2n) is 14.7. The number of hydrogen-bond donors (Lipinski definition) is 4. The normalized spacial score (nSPS) is 23.6. The molecule has 14 nitrogen and oxygen atoms in total. The number of H-pyrrole nitrogens is 2. The van der Waals surface area contributed by atoms with Crippen molar-refractivity contribution in [1.82, 2.24) is 40.2 Å². The van der Waals surface area contributed by atoms with E-state index in [4.69, 9.17) is 19.7 Å². The van der Waals surface area contributed by atoms with E-state index in [1.807, 2.05) is 36.7 Å². The second-order valence-corrected chi connectivity index (χ2v) is 14.7. The number of aromatic amines is 2. The maximum absolute atomic E-state index is 9.55. The molecule has 6 fully saturated rings. The first-order valence-corrected chi connectivity index (χ1v) is 19.1. The van der Waals surface area contributed by atoms with Gasteiger partial charge in [0.05, 0.1) is 11.4 Å². The molecule has 4 N–H and O–H groups in total. The average Bonchev–Trinajstić information content (AvgIpc) is 3.92. The van der Waals surface area contributed by atoms with E-state index >= 15 is 0 Å². The summed E-state index contributed by atoms with van der Waals surface area (Å²) in [5, 5.41) is 35.3. The van der Waals surface area contributed by atoms with E-state index in [0.29, 0.717) is 35.7 Å². The fourth-order valence-electron chi connectivity index (χ4n) is 8.04. The van der Waals surface area contributed by atoms with Gasteiger partial charge in [0.25, 0.3) is 0 Å². The molecule has 0 amide bonds. The second kappa shape index (κ2) is 16.7. The summed E-state index contributed by atoms with van der Waals surface area (Å²) in [5.74, 6) is 0.111. The molecular weight excluding hydrogens is 713 g/mol. The Morgan fingerprint density at radius 2 is 1.02 bits per heavy atom. The zero-order chi connectivity index (χ0) is 38.4. The predicted molar refractivity (Wildman–Crippen MR) is 210 cm³/mol. The molecule has 56 heavy (non-hydrogen) atoms. The minimum absolute atomic E-state index is 0.267. The molecule has 288 valence electrons. The van der Waals surface area contributed by atoms with Crippen LogP contribution in [0.4, 0.5) is 0 Å². The summed E-state index contributed by atoms with van der Waals surface area (Å²) in [7, 11) is 0. The van der Waals surface area contributed by atoms with E-state index in [2.05, 4.69) is 88.7 Å². The summed E-state index contributed by atoms with van der Waals surface area (Å²) in [6, 6.07) is 24.6. The first kappa shape index (κ1) is 36.8. The number of piperidine rings is 6. The average molecular weight is 757 g/mol. The van der Waals surface area contributed by atoms with Gasteiger partial charge in [0.2, 0.25) is 11.8 Å². The molecule has 0 spiro atoms. The van der Waals surface area contributed by atoms with Crippen molar-refractivity contribution in [2.24, 2.45) is 11.8 Å². The van der Waals surface area contributed by atoms with Gasteiger partial charge in [-0.2, -0.15) is 0 Å². The van der Waals surface area contributed by atoms with Crippen LogP contribution in [0.3, 0.4) is 0 Å². The molecule has 2 unspecified atom stereocenters. The van der Waals surface area contributed by atoms with Crippen LogP contribution in [-0.2, 0) is 9.59 Å². The SMILES string of the molecule is O=C(O)/C=C/C(=O)O.c1cc2cc(-c3ccc(OC4CN5CCC4CC5)nn3)ccc2[nH]1.c1cc2cc(-c3ccc(OC4CN5CCC4CC5)nn3)ccc2[nH]1. The van der Waals surface area contributed by atoms with E-state index < -0.39 is 11.9 Å². The Hall–Kier alpha value is -6.12. The molecule has 2 atom stereocenters. The van der Waals surface area contributed by atoms with Crippen LogP contribution in [-0.4, -0.2) is 114 Å². The Morgan fingerprint density at radius 3 is 1.36 bits per heavy atom. The molecule has 2 aromatic carbocycles. The fourth-order valence-corrected chi connectivity index (χ4v) is 8.04. The lowest BCUT2D eigenvalue weighted by molar-refractivity contribution is -0.134. The highest BCUT2D eigenvalue weighted by molar-refractivity contribution is 5.89. The third-order valence-corrected chi connectivity index (χ3v) is 11.1. The molecule has 6 aliphatic rings. The number of carbonyl (C=O) groups is 2. The van der Waals surface area contributed by atoms with Crippen molar-refractivity contribution in [3.63, 3.8) is 0 Å². The number of fused-ring (bicyclic) bond motifs is 8. The Morgan fingerprint density at radius 1 is 0.589 bits per heavy atom. The number of nitrogens with one attached hydrogen (secondary N) is 2. The first-order chi connectivity index (χ1) is 27.3. The number of benzene rings is 2. The van der Waals surface area contributed by atoms with Crippen molar-refractivity contribution in [3.05, 3.63) is 97.3 Å². The van der Waals surface area contributed by atoms with Gasteiger partial charge in [-0.05, 0) is 112 Å². The molecule has 0 saturated carbocycles. The van der Waals surface area contributed by atoms with Crippen LogP contribution in [0.25, 0.3) is 44.3 Å². The van der Waals surface area contributed by atoms with Gasteiger partial charge in [-0.15, -0.1) is 20.4 Å². The number of nitrogens with zero attached hydrogens (tertiary/aromatic N) is 6. The highest BCUT2D eigenvalue weighted by Gasteiger charge is 2.36. The van der Waals surface area contributed by atoms with E-state index in [1.165, 1.54) is 62.6 Å². The number of carboxylic acid groups (broad SMARTS) is 2. The molecule has 12 rings (SSSR count). The highest BCUT2D eigenvalue weighted by Crippen LogP contribution is 2.32. The molecule has 4 bridgehead atoms. The van der Waals surface area contributed by atoms with Crippen molar-refractivity contribution >= 4 is 33.7 Å². The van der Waals surface area contributed by atoms with Gasteiger partial charge in [0.15, 0.2) is 0 Å². The molecule has 4 aromatic heterocycles. The summed E-state index contributed by atoms with van der Waals surface area (Å²) >= 11 is 0. The molecular formula is C42H44N8O6. The maximum Gasteiger partial charge on any atom is 0.328 e. The van der Waals surface area contributed by atoms with Gasteiger partial charge < -0.3 is 29.7 Å². The summed E-state index contributed by atoms with van der Waals surface area (Å²) in [6.07, 6.45) is 10.5. The van der Waals surface area contributed by atoms with E-state index in [9.17, 15) is 9.59 Å². The zero-order valence-electron chi connectivity index (χ0n) is 30.8. The Kier molecular flexibility index (Phi) is 11.0. The van der Waals surface area contributed by atoms with Crippen molar-refractivity contribution in [3.8, 4) is 34.3 Å². The number of ether oxygens (including phenoxy) is 2. The van der Waals surface area contributed by atoms with Crippen LogP contribution in [0.1, 0.15) is 25.7 Å². The summed E-state index contributed by atoms with van der Waals surface area (Å²) < 4.78 is 12.2. The molecule has 14 heteroatoms. The fraction of sp³-hybridized carbons (Fsp3) is 0.333. The molecule has 6 saturated heterocycles. The van der Waals surface area contributed by atoms with Crippen molar-refractivity contribution < 1.29 is 29.3 Å². The Labute approximate surface area is 323 Å². The van der Waals surface area contributed by atoms with Crippen LogP contribution in [0, 0.1) is 11.8 Å². The molecule has 6 aliphatic heterocycles. The van der Waals surface area contributed by atoms with Crippen LogP contribution in [0.5, 0.6) is 11.8 Å². The third-order valence-electron chi connectivity index (χ3n) is 11.1. The van der Waals surface area contributed by atoms with E-state index in [0.717, 1.165) is 46.6 Å². The van der Waals surface area contributed by atoms with Crippen molar-refractivity contribution in [2.75, 3.05) is 39.3 Å². The predicted octanol–water partition coefficient (Wildman–Crippen LogP) is 5.91. The maximum atomic E-state index is 9.55. The van der Waals surface area contributed by atoms with Gasteiger partial charge in [-0.25, -0.2) is 9.59 Å². The van der Waals surface area contributed by atoms with Crippen LogP contribution >= 0.6 is 0 Å². The largest absolute Gasteiger partial charge is 0.478 e. The van der Waals surface area contributed by atoms with Gasteiger partial charge in [-0.3, -0.25) is 9.80 Å². The summed E-state index contributed by atoms with van der Waals surface area (Å²) in [4.78, 5) is 30.5. The van der Waals surface area contributed by atoms with E-state index in [-0.39, 0.29) is 12.2 Å².